The number of hydrogen-bond acceptors (Lipinski definition) is 2. The van der Waals surface area contributed by atoms with Crippen LogP contribution in [0.5, 0.6) is 0 Å². The van der Waals surface area contributed by atoms with Crippen LogP contribution in [0.15, 0.2) is 59.8 Å². The smallest absolute Gasteiger partial charge is 0.100 e. The predicted octanol–water partition coefficient (Wildman–Crippen LogP) is 3.35. The van der Waals surface area contributed by atoms with E-state index in [2.05, 4.69) is 17.1 Å². The summed E-state index contributed by atoms with van der Waals surface area (Å²) in [5, 5.41) is 0. The lowest BCUT2D eigenvalue weighted by Gasteiger charge is -1.99. The van der Waals surface area contributed by atoms with Gasteiger partial charge in [-0.25, -0.2) is 4.98 Å². The van der Waals surface area contributed by atoms with E-state index in [1.165, 1.54) is 0 Å². The predicted molar refractivity (Wildman–Crippen MR) is 66.3 cm³/mol. The van der Waals surface area contributed by atoms with Crippen LogP contribution in [0.1, 0.15) is 0 Å². The molecule has 84 valence electrons. The monoisotopic (exact) mass is 224 g/mol. The molecule has 0 aliphatic carbocycles. The molecule has 0 aliphatic heterocycles. The lowest BCUT2D eigenvalue weighted by molar-refractivity contribution is 0.569. The first-order valence-electron chi connectivity index (χ1n) is 5.44. The van der Waals surface area contributed by atoms with Gasteiger partial charge in [0.05, 0.1) is 18.3 Å². The second-order valence-electron chi connectivity index (χ2n) is 3.99. The van der Waals surface area contributed by atoms with Crippen molar-refractivity contribution in [3.8, 4) is 22.4 Å². The van der Waals surface area contributed by atoms with Crippen molar-refractivity contribution in [1.29, 1.82) is 0 Å². The van der Waals surface area contributed by atoms with Crippen molar-refractivity contribution in [2.24, 2.45) is 7.05 Å². The normalized spacial score (nSPS) is 10.6. The number of aromatic nitrogens is 2. The molecule has 0 atom stereocenters. The molecule has 0 bridgehead atoms. The van der Waals surface area contributed by atoms with Crippen molar-refractivity contribution >= 4 is 0 Å². The highest BCUT2D eigenvalue weighted by molar-refractivity contribution is 5.80. The third-order valence-corrected chi connectivity index (χ3v) is 2.73. The topological polar surface area (TPSA) is 31.0 Å². The summed E-state index contributed by atoms with van der Waals surface area (Å²) in [5.41, 5.74) is 4.17. The lowest BCUT2D eigenvalue weighted by Crippen LogP contribution is -1.80. The minimum absolute atomic E-state index is 0.931. The number of imidazole rings is 1. The van der Waals surface area contributed by atoms with E-state index in [1.54, 1.807) is 18.9 Å². The van der Waals surface area contributed by atoms with Gasteiger partial charge >= 0.3 is 0 Å². The van der Waals surface area contributed by atoms with Gasteiger partial charge in [0.25, 0.3) is 0 Å². The van der Waals surface area contributed by atoms with E-state index in [4.69, 9.17) is 4.42 Å². The molecule has 3 heteroatoms. The van der Waals surface area contributed by atoms with E-state index in [-0.39, 0.29) is 0 Å². The highest BCUT2D eigenvalue weighted by Gasteiger charge is 2.11. The minimum atomic E-state index is 0.931. The molecular formula is C14H12N2O. The fourth-order valence-electron chi connectivity index (χ4n) is 1.89. The maximum Gasteiger partial charge on any atom is 0.100 e. The average molecular weight is 224 g/mol. The van der Waals surface area contributed by atoms with Gasteiger partial charge < -0.3 is 8.98 Å². The fraction of sp³-hybridized carbons (Fsp3) is 0.0714. The molecule has 0 saturated carbocycles. The zero-order valence-electron chi connectivity index (χ0n) is 9.50. The van der Waals surface area contributed by atoms with Crippen LogP contribution in [-0.4, -0.2) is 9.55 Å². The van der Waals surface area contributed by atoms with Crippen LogP contribution in [0.2, 0.25) is 0 Å². The molecule has 3 nitrogen and oxygen atoms in total. The van der Waals surface area contributed by atoms with Gasteiger partial charge in [0.1, 0.15) is 6.26 Å². The van der Waals surface area contributed by atoms with E-state index in [0.717, 1.165) is 22.4 Å². The number of benzene rings is 1. The van der Waals surface area contributed by atoms with Gasteiger partial charge in [-0.15, -0.1) is 0 Å². The van der Waals surface area contributed by atoms with Crippen LogP contribution >= 0.6 is 0 Å². The Balaban J connectivity index is 2.12. The van der Waals surface area contributed by atoms with Gasteiger partial charge in [0.15, 0.2) is 0 Å². The zero-order valence-corrected chi connectivity index (χ0v) is 9.50. The van der Waals surface area contributed by atoms with Gasteiger partial charge in [-0.05, 0) is 5.56 Å². The fourth-order valence-corrected chi connectivity index (χ4v) is 1.89. The molecule has 0 aliphatic rings. The van der Waals surface area contributed by atoms with Gasteiger partial charge in [-0.1, -0.05) is 30.3 Å². The van der Waals surface area contributed by atoms with Gasteiger partial charge in [-0.3, -0.25) is 0 Å². The Morgan fingerprint density at radius 1 is 1.06 bits per heavy atom. The van der Waals surface area contributed by atoms with Gasteiger partial charge in [0.2, 0.25) is 0 Å². The van der Waals surface area contributed by atoms with Gasteiger partial charge in [-0.2, -0.15) is 0 Å². The molecule has 0 amide bonds. The van der Waals surface area contributed by atoms with E-state index in [0.29, 0.717) is 0 Å². The number of hydrogen-bond donors (Lipinski definition) is 0. The summed E-state index contributed by atoms with van der Waals surface area (Å²) < 4.78 is 7.24. The van der Waals surface area contributed by atoms with Crippen LogP contribution in [0, 0.1) is 0 Å². The summed E-state index contributed by atoms with van der Waals surface area (Å²) in [7, 11) is 1.96. The Morgan fingerprint density at radius 3 is 2.53 bits per heavy atom. The van der Waals surface area contributed by atoms with Crippen molar-refractivity contribution in [1.82, 2.24) is 9.55 Å². The zero-order chi connectivity index (χ0) is 11.7. The number of aryl methyl sites for hydroxylation is 1. The minimum Gasteiger partial charge on any atom is -0.471 e. The molecule has 1 aromatic carbocycles. The largest absolute Gasteiger partial charge is 0.471 e. The molecule has 0 saturated heterocycles. The average Bonchev–Trinajstić information content (AvgIpc) is 2.98. The van der Waals surface area contributed by atoms with Crippen molar-refractivity contribution in [2.75, 3.05) is 0 Å². The molecule has 0 spiro atoms. The number of furan rings is 1. The van der Waals surface area contributed by atoms with Crippen LogP contribution in [0.4, 0.5) is 0 Å². The summed E-state index contributed by atoms with van der Waals surface area (Å²) in [6.45, 7) is 0. The Kier molecular flexibility index (Phi) is 2.29. The third kappa shape index (κ3) is 1.76. The molecule has 0 N–H and O–H groups in total. The summed E-state index contributed by atoms with van der Waals surface area (Å²) >= 11 is 0. The van der Waals surface area contributed by atoms with Crippen molar-refractivity contribution in [2.45, 2.75) is 0 Å². The van der Waals surface area contributed by atoms with Crippen molar-refractivity contribution in [3.05, 3.63) is 55.4 Å². The lowest BCUT2D eigenvalue weighted by atomic mass is 10.0. The molecule has 0 radical (unpaired) electrons. The second kappa shape index (κ2) is 3.94. The Morgan fingerprint density at radius 2 is 1.82 bits per heavy atom. The summed E-state index contributed by atoms with van der Waals surface area (Å²) in [6, 6.07) is 10.2. The molecule has 2 heterocycles. The van der Waals surface area contributed by atoms with Crippen LogP contribution in [-0.2, 0) is 7.05 Å². The molecular weight excluding hydrogens is 212 g/mol. The Labute approximate surface area is 99.3 Å². The van der Waals surface area contributed by atoms with E-state index >= 15 is 0 Å². The Hall–Kier alpha value is -2.29. The molecule has 0 fully saturated rings. The standard InChI is InChI=1S/C14H12N2O/c1-16-7-14(15-10-16)13-9-17-8-12(13)11-5-3-2-4-6-11/h2-10H,1H3. The SMILES string of the molecule is Cn1cnc(-c2cocc2-c2ccccc2)c1. The van der Waals surface area contributed by atoms with E-state index < -0.39 is 0 Å². The first-order valence-corrected chi connectivity index (χ1v) is 5.44. The molecule has 0 unspecified atom stereocenters. The maximum absolute atomic E-state index is 5.31. The molecule has 2 aromatic heterocycles. The van der Waals surface area contributed by atoms with Crippen LogP contribution < -0.4 is 0 Å². The van der Waals surface area contributed by atoms with Gasteiger partial charge in [0, 0.05) is 24.4 Å². The summed E-state index contributed by atoms with van der Waals surface area (Å²) in [4.78, 5) is 4.35. The molecule has 17 heavy (non-hydrogen) atoms. The molecule has 3 rings (SSSR count). The van der Waals surface area contributed by atoms with Crippen LogP contribution in [0.25, 0.3) is 22.4 Å². The molecule has 3 aromatic rings. The number of rotatable bonds is 2. The van der Waals surface area contributed by atoms with E-state index in [1.807, 2.05) is 36.0 Å². The highest BCUT2D eigenvalue weighted by atomic mass is 16.3. The highest BCUT2D eigenvalue weighted by Crippen LogP contribution is 2.31. The summed E-state index contributed by atoms with van der Waals surface area (Å²) in [5.74, 6) is 0. The first-order chi connectivity index (χ1) is 8.34. The Bertz CT molecular complexity index is 622. The second-order valence-corrected chi connectivity index (χ2v) is 3.99. The quantitative estimate of drug-likeness (QED) is 0.668. The number of nitrogens with zero attached hydrogens (tertiary/aromatic N) is 2. The van der Waals surface area contributed by atoms with Crippen molar-refractivity contribution < 1.29 is 4.42 Å². The maximum atomic E-state index is 5.31. The van der Waals surface area contributed by atoms with E-state index in [9.17, 15) is 0 Å². The third-order valence-electron chi connectivity index (χ3n) is 2.73. The van der Waals surface area contributed by atoms with Crippen molar-refractivity contribution in [3.63, 3.8) is 0 Å². The van der Waals surface area contributed by atoms with Crippen LogP contribution in [0.3, 0.4) is 0 Å². The summed E-state index contributed by atoms with van der Waals surface area (Å²) in [6.07, 6.45) is 7.28. The first kappa shape index (κ1) is 9.90.